The van der Waals surface area contributed by atoms with Crippen LogP contribution in [0.4, 0.5) is 5.69 Å². The van der Waals surface area contributed by atoms with E-state index in [9.17, 15) is 0 Å². The maximum Gasteiger partial charge on any atom is 0.196 e. The molecule has 1 unspecified atom stereocenters. The molecule has 1 aliphatic rings. The molecule has 0 aromatic heterocycles. The molecule has 1 aromatic carbocycles. The van der Waals surface area contributed by atoms with Crippen LogP contribution in [0.25, 0.3) is 0 Å². The van der Waals surface area contributed by atoms with Crippen LogP contribution in [0.5, 0.6) is 0 Å². The second-order valence-corrected chi connectivity index (χ2v) is 5.76. The minimum absolute atomic E-state index is 0.443. The van der Waals surface area contributed by atoms with Crippen molar-refractivity contribution in [2.75, 3.05) is 11.4 Å². The lowest BCUT2D eigenvalue weighted by molar-refractivity contribution is 0.555. The zero-order valence-corrected chi connectivity index (χ0v) is 12.8. The molecule has 0 bridgehead atoms. The van der Waals surface area contributed by atoms with Gasteiger partial charge < -0.3 is 10.6 Å². The smallest absolute Gasteiger partial charge is 0.196 e. The van der Waals surface area contributed by atoms with Gasteiger partial charge in [-0.05, 0) is 31.0 Å². The van der Waals surface area contributed by atoms with Crippen molar-refractivity contribution in [3.63, 3.8) is 0 Å². The molecule has 1 aliphatic heterocycles. The highest BCUT2D eigenvalue weighted by Crippen LogP contribution is 2.24. The van der Waals surface area contributed by atoms with Crippen molar-refractivity contribution in [1.29, 1.82) is 0 Å². The van der Waals surface area contributed by atoms with Crippen LogP contribution in [0.3, 0.4) is 0 Å². The lowest BCUT2D eigenvalue weighted by Crippen LogP contribution is -2.40. The SMILES string of the molecule is CCCCCCCC1CN=C(N)N1c1cccc(C)c1. The lowest BCUT2D eigenvalue weighted by Gasteiger charge is -2.26. The van der Waals surface area contributed by atoms with E-state index in [0.717, 1.165) is 6.54 Å². The number of aryl methyl sites for hydroxylation is 1. The second kappa shape index (κ2) is 7.32. The van der Waals surface area contributed by atoms with E-state index in [0.29, 0.717) is 12.0 Å². The number of rotatable bonds is 7. The van der Waals surface area contributed by atoms with E-state index in [-0.39, 0.29) is 0 Å². The number of guanidine groups is 1. The maximum atomic E-state index is 6.08. The number of aliphatic imine (C=N–C) groups is 1. The monoisotopic (exact) mass is 273 g/mol. The van der Waals surface area contributed by atoms with Crippen molar-refractivity contribution < 1.29 is 0 Å². The Bertz CT molecular complexity index is 453. The van der Waals surface area contributed by atoms with Crippen LogP contribution < -0.4 is 10.6 Å². The van der Waals surface area contributed by atoms with Crippen LogP contribution in [-0.2, 0) is 0 Å². The van der Waals surface area contributed by atoms with E-state index in [1.54, 1.807) is 0 Å². The fraction of sp³-hybridized carbons (Fsp3) is 0.588. The first-order valence-corrected chi connectivity index (χ1v) is 7.88. The van der Waals surface area contributed by atoms with Crippen LogP contribution >= 0.6 is 0 Å². The van der Waals surface area contributed by atoms with Gasteiger partial charge in [-0.1, -0.05) is 51.2 Å². The Morgan fingerprint density at radius 1 is 1.25 bits per heavy atom. The minimum Gasteiger partial charge on any atom is -0.370 e. The van der Waals surface area contributed by atoms with Gasteiger partial charge in [-0.15, -0.1) is 0 Å². The number of hydrogen-bond donors (Lipinski definition) is 1. The first-order valence-electron chi connectivity index (χ1n) is 7.88. The van der Waals surface area contributed by atoms with Crippen molar-refractivity contribution in [2.24, 2.45) is 10.7 Å². The third kappa shape index (κ3) is 3.75. The van der Waals surface area contributed by atoms with Gasteiger partial charge in [0.25, 0.3) is 0 Å². The number of nitrogens with two attached hydrogens (primary N) is 1. The summed E-state index contributed by atoms with van der Waals surface area (Å²) >= 11 is 0. The average molecular weight is 273 g/mol. The van der Waals surface area contributed by atoms with Gasteiger partial charge in [0.05, 0.1) is 12.6 Å². The van der Waals surface area contributed by atoms with E-state index in [1.165, 1.54) is 49.8 Å². The van der Waals surface area contributed by atoms with Gasteiger partial charge in [0, 0.05) is 5.69 Å². The van der Waals surface area contributed by atoms with Gasteiger partial charge in [0.2, 0.25) is 0 Å². The van der Waals surface area contributed by atoms with Crippen LogP contribution in [0.15, 0.2) is 29.3 Å². The summed E-state index contributed by atoms with van der Waals surface area (Å²) in [5.41, 5.74) is 8.53. The van der Waals surface area contributed by atoms with Crippen molar-refractivity contribution >= 4 is 11.6 Å². The summed E-state index contributed by atoms with van der Waals surface area (Å²) in [4.78, 5) is 6.66. The predicted octanol–water partition coefficient (Wildman–Crippen LogP) is 3.86. The van der Waals surface area contributed by atoms with Crippen LogP contribution in [0.2, 0.25) is 0 Å². The molecule has 0 saturated carbocycles. The summed E-state index contributed by atoms with van der Waals surface area (Å²) in [6.45, 7) is 5.21. The number of nitrogens with zero attached hydrogens (tertiary/aromatic N) is 2. The molecule has 20 heavy (non-hydrogen) atoms. The molecule has 2 N–H and O–H groups in total. The molecule has 110 valence electrons. The number of hydrogen-bond acceptors (Lipinski definition) is 3. The van der Waals surface area contributed by atoms with Crippen LogP contribution in [0, 0.1) is 6.92 Å². The van der Waals surface area contributed by atoms with E-state index in [1.807, 2.05) is 0 Å². The van der Waals surface area contributed by atoms with E-state index in [4.69, 9.17) is 5.73 Å². The van der Waals surface area contributed by atoms with Crippen molar-refractivity contribution in [3.05, 3.63) is 29.8 Å². The molecule has 0 fully saturated rings. The van der Waals surface area contributed by atoms with Gasteiger partial charge >= 0.3 is 0 Å². The largest absolute Gasteiger partial charge is 0.370 e. The molecule has 0 spiro atoms. The molecule has 1 atom stereocenters. The van der Waals surface area contributed by atoms with Gasteiger partial charge in [-0.3, -0.25) is 4.99 Å². The highest BCUT2D eigenvalue weighted by atomic mass is 15.3. The highest BCUT2D eigenvalue weighted by molar-refractivity contribution is 5.97. The fourth-order valence-electron chi connectivity index (χ4n) is 2.87. The molecular weight excluding hydrogens is 246 g/mol. The number of unbranched alkanes of at least 4 members (excludes halogenated alkanes) is 4. The Morgan fingerprint density at radius 3 is 2.80 bits per heavy atom. The Kier molecular flexibility index (Phi) is 5.45. The molecule has 1 heterocycles. The maximum absolute atomic E-state index is 6.08. The van der Waals surface area contributed by atoms with Crippen molar-refractivity contribution in [2.45, 2.75) is 58.4 Å². The normalized spacial score (nSPS) is 18.4. The fourth-order valence-corrected chi connectivity index (χ4v) is 2.87. The molecule has 0 aliphatic carbocycles. The molecular formula is C17H27N3. The van der Waals surface area contributed by atoms with E-state index in [2.05, 4.69) is 48.0 Å². The summed E-state index contributed by atoms with van der Waals surface area (Å²) < 4.78 is 0. The van der Waals surface area contributed by atoms with Crippen LogP contribution in [-0.4, -0.2) is 18.5 Å². The first kappa shape index (κ1) is 14.9. The van der Waals surface area contributed by atoms with Gasteiger partial charge in [0.15, 0.2) is 5.96 Å². The summed E-state index contributed by atoms with van der Waals surface area (Å²) in [6, 6.07) is 8.97. The summed E-state index contributed by atoms with van der Waals surface area (Å²) in [5, 5.41) is 0. The van der Waals surface area contributed by atoms with Crippen molar-refractivity contribution in [3.8, 4) is 0 Å². The third-order valence-electron chi connectivity index (χ3n) is 4.00. The van der Waals surface area contributed by atoms with Gasteiger partial charge in [-0.25, -0.2) is 0 Å². The zero-order valence-electron chi connectivity index (χ0n) is 12.8. The average Bonchev–Trinajstić information content (AvgIpc) is 2.80. The molecule has 2 rings (SSSR count). The van der Waals surface area contributed by atoms with Gasteiger partial charge in [0.1, 0.15) is 0 Å². The zero-order chi connectivity index (χ0) is 14.4. The number of benzene rings is 1. The van der Waals surface area contributed by atoms with E-state index < -0.39 is 0 Å². The standard InChI is InChI=1S/C17H27N3/c1-3-4-5-6-7-10-16-13-19-17(18)20(16)15-11-8-9-14(2)12-15/h8-9,11-12,16H,3-7,10,13H2,1-2H3,(H2,18,19). The molecule has 0 saturated heterocycles. The number of anilines is 1. The quantitative estimate of drug-likeness (QED) is 0.766. The Balaban J connectivity index is 1.93. The molecule has 3 heteroatoms. The summed E-state index contributed by atoms with van der Waals surface area (Å²) in [6.07, 6.45) is 7.79. The Labute approximate surface area is 122 Å². The molecule has 0 amide bonds. The van der Waals surface area contributed by atoms with E-state index >= 15 is 0 Å². The topological polar surface area (TPSA) is 41.6 Å². The van der Waals surface area contributed by atoms with Crippen LogP contribution in [0.1, 0.15) is 51.0 Å². The molecule has 1 aromatic rings. The molecule has 3 nitrogen and oxygen atoms in total. The third-order valence-corrected chi connectivity index (χ3v) is 4.00. The van der Waals surface area contributed by atoms with Gasteiger partial charge in [-0.2, -0.15) is 0 Å². The lowest BCUT2D eigenvalue weighted by atomic mass is 10.1. The highest BCUT2D eigenvalue weighted by Gasteiger charge is 2.26. The predicted molar refractivity (Wildman–Crippen MR) is 87.3 cm³/mol. The first-order chi connectivity index (χ1) is 9.72. The Hall–Kier alpha value is -1.51. The second-order valence-electron chi connectivity index (χ2n) is 5.76. The van der Waals surface area contributed by atoms with Crippen molar-refractivity contribution in [1.82, 2.24) is 0 Å². The molecule has 0 radical (unpaired) electrons. The Morgan fingerprint density at radius 2 is 2.05 bits per heavy atom. The summed E-state index contributed by atoms with van der Waals surface area (Å²) in [5.74, 6) is 0.675. The summed E-state index contributed by atoms with van der Waals surface area (Å²) in [7, 11) is 0. The minimum atomic E-state index is 0.443.